The molecule has 7 heteroatoms. The highest BCUT2D eigenvalue weighted by molar-refractivity contribution is 7.99. The molecule has 1 atom stereocenters. The first-order valence-electron chi connectivity index (χ1n) is 6.91. The number of halogens is 1. The first-order valence-corrected chi connectivity index (χ1v) is 8.06. The Morgan fingerprint density at radius 3 is 2.40 bits per heavy atom. The van der Waals surface area contributed by atoms with Crippen molar-refractivity contribution in [2.75, 3.05) is 44.7 Å². The Labute approximate surface area is 132 Å². The van der Waals surface area contributed by atoms with E-state index in [0.29, 0.717) is 19.5 Å². The predicted octanol–water partition coefficient (Wildman–Crippen LogP) is 0.830. The summed E-state index contributed by atoms with van der Waals surface area (Å²) in [6.45, 7) is 6.43. The summed E-state index contributed by atoms with van der Waals surface area (Å²) in [4.78, 5) is 27.3. The number of thioether (sulfide) groups is 1. The maximum absolute atomic E-state index is 12.1. The van der Waals surface area contributed by atoms with Gasteiger partial charge in [-0.1, -0.05) is 0 Å². The molecule has 1 N–H and O–H groups in total. The molecule has 0 bridgehead atoms. The Bertz CT molecular complexity index is 308. The monoisotopic (exact) mass is 323 g/mol. The molecule has 0 aliphatic carbocycles. The molecule has 1 fully saturated rings. The minimum absolute atomic E-state index is 0. The van der Waals surface area contributed by atoms with E-state index < -0.39 is 0 Å². The number of carbonyl (C=O) groups excluding carboxylic acids is 2. The molecule has 1 saturated heterocycles. The molecular formula is C13H26ClN3O2S. The second-order valence-corrected chi connectivity index (χ2v) is 5.90. The van der Waals surface area contributed by atoms with Gasteiger partial charge in [-0.05, 0) is 13.8 Å². The molecule has 0 aromatic heterocycles. The van der Waals surface area contributed by atoms with Crippen molar-refractivity contribution >= 4 is 36.0 Å². The molecule has 0 saturated carbocycles. The highest BCUT2D eigenvalue weighted by Gasteiger charge is 2.21. The van der Waals surface area contributed by atoms with Gasteiger partial charge in [-0.15, -0.1) is 12.4 Å². The number of nitrogens with zero attached hydrogens (tertiary/aromatic N) is 2. The summed E-state index contributed by atoms with van der Waals surface area (Å²) in [6, 6.07) is 0.247. The van der Waals surface area contributed by atoms with Crippen molar-refractivity contribution in [1.29, 1.82) is 0 Å². The van der Waals surface area contributed by atoms with E-state index in [1.165, 1.54) is 0 Å². The quantitative estimate of drug-likeness (QED) is 0.786. The number of nitrogens with one attached hydrogen (secondary N) is 1. The average molecular weight is 324 g/mol. The third-order valence-electron chi connectivity index (χ3n) is 3.33. The van der Waals surface area contributed by atoms with Crippen molar-refractivity contribution < 1.29 is 9.59 Å². The van der Waals surface area contributed by atoms with Gasteiger partial charge < -0.3 is 15.1 Å². The zero-order chi connectivity index (χ0) is 14.3. The number of rotatable bonds is 6. The summed E-state index contributed by atoms with van der Waals surface area (Å²) >= 11 is 1.87. The van der Waals surface area contributed by atoms with Crippen molar-refractivity contribution in [3.63, 3.8) is 0 Å². The first-order chi connectivity index (χ1) is 9.08. The van der Waals surface area contributed by atoms with Gasteiger partial charge >= 0.3 is 0 Å². The standard InChI is InChI=1S/C13H25N3O2S.ClH/c1-4-16(5-2)13(18)9-15(3)12(17)8-11-10-19-7-6-14-11;/h11,14H,4-10H2,1-3H3;1H. The topological polar surface area (TPSA) is 52.7 Å². The fraction of sp³-hybridized carbons (Fsp3) is 0.846. The summed E-state index contributed by atoms with van der Waals surface area (Å²) in [7, 11) is 1.71. The molecule has 5 nitrogen and oxygen atoms in total. The van der Waals surface area contributed by atoms with Crippen molar-refractivity contribution in [2.24, 2.45) is 0 Å². The van der Waals surface area contributed by atoms with Crippen LogP contribution >= 0.6 is 24.2 Å². The van der Waals surface area contributed by atoms with E-state index in [-0.39, 0.29) is 36.8 Å². The fourth-order valence-corrected chi connectivity index (χ4v) is 3.03. The number of amides is 2. The zero-order valence-electron chi connectivity index (χ0n) is 12.6. The lowest BCUT2D eigenvalue weighted by Crippen LogP contribution is -2.45. The summed E-state index contributed by atoms with van der Waals surface area (Å²) in [6.07, 6.45) is 0.481. The molecule has 0 aromatic carbocycles. The Morgan fingerprint density at radius 2 is 1.90 bits per heavy atom. The summed E-state index contributed by atoms with van der Waals surface area (Å²) in [5.74, 6) is 2.15. The molecule has 1 heterocycles. The van der Waals surface area contributed by atoms with Crippen LogP contribution in [0.15, 0.2) is 0 Å². The van der Waals surface area contributed by atoms with E-state index in [2.05, 4.69) is 5.32 Å². The molecule has 0 spiro atoms. The van der Waals surface area contributed by atoms with E-state index in [4.69, 9.17) is 0 Å². The minimum Gasteiger partial charge on any atom is -0.342 e. The van der Waals surface area contributed by atoms with Crippen LogP contribution in [-0.4, -0.2) is 72.4 Å². The molecule has 20 heavy (non-hydrogen) atoms. The number of carbonyl (C=O) groups is 2. The fourth-order valence-electron chi connectivity index (χ4n) is 2.08. The highest BCUT2D eigenvalue weighted by Crippen LogP contribution is 2.11. The third-order valence-corrected chi connectivity index (χ3v) is 4.46. The van der Waals surface area contributed by atoms with E-state index in [1.54, 1.807) is 16.8 Å². The summed E-state index contributed by atoms with van der Waals surface area (Å²) < 4.78 is 0. The van der Waals surface area contributed by atoms with E-state index in [9.17, 15) is 9.59 Å². The molecule has 0 radical (unpaired) electrons. The number of hydrogen-bond donors (Lipinski definition) is 1. The second kappa shape index (κ2) is 10.3. The summed E-state index contributed by atoms with van der Waals surface area (Å²) in [5, 5.41) is 3.34. The van der Waals surface area contributed by atoms with Gasteiger partial charge in [0.1, 0.15) is 0 Å². The van der Waals surface area contributed by atoms with Gasteiger partial charge in [0.2, 0.25) is 11.8 Å². The Balaban J connectivity index is 0.00000361. The van der Waals surface area contributed by atoms with Crippen molar-refractivity contribution in [1.82, 2.24) is 15.1 Å². The van der Waals surface area contributed by atoms with Crippen LogP contribution in [0.1, 0.15) is 20.3 Å². The third kappa shape index (κ3) is 6.33. The predicted molar refractivity (Wildman–Crippen MR) is 86.5 cm³/mol. The Morgan fingerprint density at radius 1 is 1.25 bits per heavy atom. The van der Waals surface area contributed by atoms with Gasteiger partial charge in [0, 0.05) is 50.7 Å². The molecule has 1 aliphatic rings. The van der Waals surface area contributed by atoms with Crippen LogP contribution < -0.4 is 5.32 Å². The lowest BCUT2D eigenvalue weighted by molar-refractivity contribution is -0.139. The first kappa shape index (κ1) is 19.5. The molecule has 118 valence electrons. The Hall–Kier alpha value is -0.460. The average Bonchev–Trinajstić information content (AvgIpc) is 2.41. The SMILES string of the molecule is CCN(CC)C(=O)CN(C)C(=O)CC1CSCCN1.Cl. The van der Waals surface area contributed by atoms with Gasteiger partial charge in [0.05, 0.1) is 6.54 Å². The van der Waals surface area contributed by atoms with Crippen LogP contribution in [0.2, 0.25) is 0 Å². The van der Waals surface area contributed by atoms with Crippen LogP contribution in [0.25, 0.3) is 0 Å². The lowest BCUT2D eigenvalue weighted by atomic mass is 10.2. The normalized spacial score (nSPS) is 18.1. The lowest BCUT2D eigenvalue weighted by Gasteiger charge is -2.26. The maximum atomic E-state index is 12.1. The molecule has 1 unspecified atom stereocenters. The molecule has 0 aromatic rings. The van der Waals surface area contributed by atoms with Crippen molar-refractivity contribution in [3.05, 3.63) is 0 Å². The molecule has 1 rings (SSSR count). The summed E-state index contributed by atoms with van der Waals surface area (Å²) in [5.41, 5.74) is 0. The smallest absolute Gasteiger partial charge is 0.242 e. The molecular weight excluding hydrogens is 298 g/mol. The van der Waals surface area contributed by atoms with Crippen LogP contribution in [0, 0.1) is 0 Å². The Kier molecular flexibility index (Phi) is 10.1. The van der Waals surface area contributed by atoms with Gasteiger partial charge in [0.15, 0.2) is 0 Å². The van der Waals surface area contributed by atoms with E-state index >= 15 is 0 Å². The zero-order valence-corrected chi connectivity index (χ0v) is 14.2. The van der Waals surface area contributed by atoms with Gasteiger partial charge in [-0.3, -0.25) is 9.59 Å². The second-order valence-electron chi connectivity index (χ2n) is 4.75. The minimum atomic E-state index is 0. The van der Waals surface area contributed by atoms with E-state index in [0.717, 1.165) is 18.1 Å². The van der Waals surface area contributed by atoms with Crippen molar-refractivity contribution in [3.8, 4) is 0 Å². The largest absolute Gasteiger partial charge is 0.342 e. The van der Waals surface area contributed by atoms with Crippen LogP contribution in [0.4, 0.5) is 0 Å². The van der Waals surface area contributed by atoms with Gasteiger partial charge in [0.25, 0.3) is 0 Å². The number of likely N-dealkylation sites (N-methyl/N-ethyl adjacent to an activating group) is 2. The molecule has 2 amide bonds. The van der Waals surface area contributed by atoms with Crippen molar-refractivity contribution in [2.45, 2.75) is 26.3 Å². The molecule has 1 aliphatic heterocycles. The van der Waals surface area contributed by atoms with Gasteiger partial charge in [-0.25, -0.2) is 0 Å². The highest BCUT2D eigenvalue weighted by atomic mass is 35.5. The number of hydrogen-bond acceptors (Lipinski definition) is 4. The van der Waals surface area contributed by atoms with Crippen LogP contribution in [0.5, 0.6) is 0 Å². The van der Waals surface area contributed by atoms with Gasteiger partial charge in [-0.2, -0.15) is 11.8 Å². The van der Waals surface area contributed by atoms with E-state index in [1.807, 2.05) is 25.6 Å². The van der Waals surface area contributed by atoms with Crippen LogP contribution in [0.3, 0.4) is 0 Å². The van der Waals surface area contributed by atoms with Crippen LogP contribution in [-0.2, 0) is 9.59 Å². The maximum Gasteiger partial charge on any atom is 0.242 e.